The molecule has 0 saturated heterocycles. The third-order valence-corrected chi connectivity index (χ3v) is 4.99. The van der Waals surface area contributed by atoms with Gasteiger partial charge in [0.2, 0.25) is 0 Å². The van der Waals surface area contributed by atoms with Gasteiger partial charge in [0.25, 0.3) is 0 Å². The molecule has 0 saturated carbocycles. The van der Waals surface area contributed by atoms with Gasteiger partial charge >= 0.3 is 0 Å². The fourth-order valence-electron chi connectivity index (χ4n) is 3.36. The van der Waals surface area contributed by atoms with Crippen LogP contribution in [0.5, 0.6) is 5.75 Å². The Bertz CT molecular complexity index is 1360. The molecule has 2 aromatic heterocycles. The van der Waals surface area contributed by atoms with E-state index in [0.717, 1.165) is 0 Å². The van der Waals surface area contributed by atoms with Gasteiger partial charge in [-0.3, -0.25) is 4.40 Å². The van der Waals surface area contributed by atoms with Gasteiger partial charge in [-0.1, -0.05) is 35.3 Å². The van der Waals surface area contributed by atoms with Crippen LogP contribution in [0.15, 0.2) is 36.4 Å². The van der Waals surface area contributed by atoms with Gasteiger partial charge in [-0.2, -0.15) is 10.5 Å². The molecular formula is C20H11Cl2N5O. The predicted octanol–water partition coefficient (Wildman–Crippen LogP) is 4.80. The van der Waals surface area contributed by atoms with Gasteiger partial charge in [-0.15, -0.1) is 0 Å². The third-order valence-electron chi connectivity index (χ3n) is 4.49. The van der Waals surface area contributed by atoms with Crippen LogP contribution in [0.3, 0.4) is 0 Å². The van der Waals surface area contributed by atoms with Crippen molar-refractivity contribution < 1.29 is 4.74 Å². The van der Waals surface area contributed by atoms with E-state index in [-0.39, 0.29) is 27.5 Å². The van der Waals surface area contributed by atoms with Crippen molar-refractivity contribution in [3.8, 4) is 29.0 Å². The second-order valence-corrected chi connectivity index (χ2v) is 6.81. The number of rotatable bonds is 2. The molecule has 0 amide bonds. The zero-order valence-electron chi connectivity index (χ0n) is 14.5. The van der Waals surface area contributed by atoms with Crippen LogP contribution < -0.4 is 10.5 Å². The minimum atomic E-state index is 0.115. The summed E-state index contributed by atoms with van der Waals surface area (Å²) in [5.41, 5.74) is 9.03. The Hall–Kier alpha value is -3.45. The molecule has 0 unspecified atom stereocenters. The van der Waals surface area contributed by atoms with Crippen molar-refractivity contribution in [2.24, 2.45) is 0 Å². The largest absolute Gasteiger partial charge is 0.495 e. The summed E-state index contributed by atoms with van der Waals surface area (Å²) in [5, 5.41) is 20.4. The van der Waals surface area contributed by atoms with Gasteiger partial charge < -0.3 is 10.5 Å². The Morgan fingerprint density at radius 1 is 1.11 bits per heavy atom. The quantitative estimate of drug-likeness (QED) is 0.514. The lowest BCUT2D eigenvalue weighted by molar-refractivity contribution is 0.416. The maximum Gasteiger partial charge on any atom is 0.158 e. The van der Waals surface area contributed by atoms with E-state index in [1.165, 1.54) is 13.2 Å². The topological polar surface area (TPSA) is 100 Å². The van der Waals surface area contributed by atoms with Crippen molar-refractivity contribution >= 4 is 45.7 Å². The molecule has 2 heterocycles. The molecule has 0 aliphatic heterocycles. The van der Waals surface area contributed by atoms with Crippen LogP contribution >= 0.6 is 23.2 Å². The summed E-state index contributed by atoms with van der Waals surface area (Å²) in [6, 6.07) is 14.7. The molecule has 0 atom stereocenters. The zero-order chi connectivity index (χ0) is 20.0. The van der Waals surface area contributed by atoms with E-state index in [9.17, 15) is 10.5 Å². The first-order chi connectivity index (χ1) is 13.5. The highest BCUT2D eigenvalue weighted by Gasteiger charge is 2.25. The molecular weight excluding hydrogens is 397 g/mol. The monoisotopic (exact) mass is 407 g/mol. The highest BCUT2D eigenvalue weighted by Crippen LogP contribution is 2.44. The number of fused-ring (bicyclic) bond motifs is 3. The average Bonchev–Trinajstić information content (AvgIpc) is 3.07. The molecule has 0 aliphatic rings. The predicted molar refractivity (Wildman–Crippen MR) is 109 cm³/mol. The number of para-hydroxylation sites is 2. The van der Waals surface area contributed by atoms with E-state index in [1.807, 2.05) is 24.3 Å². The molecule has 0 aliphatic carbocycles. The van der Waals surface area contributed by atoms with E-state index in [1.54, 1.807) is 10.5 Å². The second-order valence-electron chi connectivity index (χ2n) is 5.96. The molecule has 2 aromatic carbocycles. The number of nitrogens with two attached hydrogens (primary N) is 1. The summed E-state index contributed by atoms with van der Waals surface area (Å²) in [6.07, 6.45) is 0. The van der Waals surface area contributed by atoms with Gasteiger partial charge in [-0.25, -0.2) is 4.98 Å². The van der Waals surface area contributed by atoms with Gasteiger partial charge in [0.1, 0.15) is 34.8 Å². The van der Waals surface area contributed by atoms with Crippen LogP contribution in [-0.2, 0) is 0 Å². The number of hydrogen-bond donors (Lipinski definition) is 1. The Balaban J connectivity index is 2.28. The van der Waals surface area contributed by atoms with Crippen molar-refractivity contribution in [3.05, 3.63) is 57.6 Å². The molecule has 0 radical (unpaired) electrons. The van der Waals surface area contributed by atoms with E-state index in [0.29, 0.717) is 33.0 Å². The molecule has 8 heteroatoms. The second kappa shape index (κ2) is 6.61. The van der Waals surface area contributed by atoms with Gasteiger partial charge in [-0.05, 0) is 24.3 Å². The maximum atomic E-state index is 9.96. The van der Waals surface area contributed by atoms with Crippen molar-refractivity contribution in [2.45, 2.75) is 0 Å². The van der Waals surface area contributed by atoms with Gasteiger partial charge in [0.15, 0.2) is 5.65 Å². The number of benzene rings is 2. The first-order valence-electron chi connectivity index (χ1n) is 8.08. The molecule has 0 bridgehead atoms. The number of hydrogen-bond acceptors (Lipinski definition) is 5. The molecule has 0 spiro atoms. The van der Waals surface area contributed by atoms with Crippen LogP contribution in [0.1, 0.15) is 11.1 Å². The minimum Gasteiger partial charge on any atom is -0.495 e. The number of methoxy groups -OCH3 is 1. The normalized spacial score (nSPS) is 10.8. The first kappa shape index (κ1) is 17.9. The Morgan fingerprint density at radius 2 is 1.82 bits per heavy atom. The Labute approximate surface area is 169 Å². The Kier molecular flexibility index (Phi) is 4.24. The molecule has 136 valence electrons. The molecule has 4 rings (SSSR count). The summed E-state index contributed by atoms with van der Waals surface area (Å²) in [5.74, 6) is 0.456. The molecule has 28 heavy (non-hydrogen) atoms. The smallest absolute Gasteiger partial charge is 0.158 e. The van der Waals surface area contributed by atoms with E-state index < -0.39 is 0 Å². The fraction of sp³-hybridized carbons (Fsp3) is 0.0500. The summed E-state index contributed by atoms with van der Waals surface area (Å²) in [7, 11) is 1.45. The lowest BCUT2D eigenvalue weighted by atomic mass is 9.95. The zero-order valence-corrected chi connectivity index (χ0v) is 16.0. The highest BCUT2D eigenvalue weighted by atomic mass is 35.5. The number of nitrogens with zero attached hydrogens (tertiary/aromatic N) is 4. The lowest BCUT2D eigenvalue weighted by Gasteiger charge is -2.16. The van der Waals surface area contributed by atoms with Crippen molar-refractivity contribution in [1.82, 2.24) is 9.38 Å². The minimum absolute atomic E-state index is 0.115. The van der Waals surface area contributed by atoms with E-state index >= 15 is 0 Å². The third kappa shape index (κ3) is 2.44. The van der Waals surface area contributed by atoms with Crippen LogP contribution in [0, 0.1) is 22.7 Å². The van der Waals surface area contributed by atoms with Crippen LogP contribution in [0.4, 0.5) is 5.82 Å². The molecule has 0 fully saturated rings. The van der Waals surface area contributed by atoms with Gasteiger partial charge in [0, 0.05) is 16.1 Å². The van der Waals surface area contributed by atoms with Crippen LogP contribution in [0.25, 0.3) is 27.8 Å². The summed E-state index contributed by atoms with van der Waals surface area (Å²) in [6.45, 7) is 0. The molecule has 2 N–H and O–H groups in total. The Morgan fingerprint density at radius 3 is 2.50 bits per heavy atom. The standard InChI is InChI=1S/C20H11Cl2N5O/c1-28-18-11(6-10(21)7-14(18)22)17-12(8-23)19(25)27-16-5-3-2-4-15(16)26-20(27)13(17)9-24/h2-7H,25H2,1H3. The van der Waals surface area contributed by atoms with Crippen molar-refractivity contribution in [1.29, 1.82) is 10.5 Å². The van der Waals surface area contributed by atoms with Crippen LogP contribution in [-0.4, -0.2) is 16.5 Å². The fourth-order valence-corrected chi connectivity index (χ4v) is 3.93. The maximum absolute atomic E-state index is 9.96. The summed E-state index contributed by atoms with van der Waals surface area (Å²) < 4.78 is 7.02. The van der Waals surface area contributed by atoms with E-state index in [4.69, 9.17) is 33.7 Å². The highest BCUT2D eigenvalue weighted by molar-refractivity contribution is 6.36. The van der Waals surface area contributed by atoms with E-state index in [2.05, 4.69) is 17.1 Å². The first-order valence-corrected chi connectivity index (χ1v) is 8.83. The number of anilines is 1. The van der Waals surface area contributed by atoms with Crippen molar-refractivity contribution in [3.63, 3.8) is 0 Å². The van der Waals surface area contributed by atoms with Crippen molar-refractivity contribution in [2.75, 3.05) is 12.8 Å². The number of pyridine rings is 1. The summed E-state index contributed by atoms with van der Waals surface area (Å²) >= 11 is 12.5. The number of nitrogen functional groups attached to an aromatic ring is 1. The number of imidazole rings is 1. The van der Waals surface area contributed by atoms with Gasteiger partial charge in [0.05, 0.1) is 23.2 Å². The SMILES string of the molecule is COc1c(Cl)cc(Cl)cc1-c1c(C#N)c(N)n2c(nc3ccccc32)c1C#N. The number of nitriles is 2. The molecule has 6 nitrogen and oxygen atoms in total. The number of ether oxygens (including phenoxy) is 1. The average molecular weight is 408 g/mol. The number of aromatic nitrogens is 2. The van der Waals surface area contributed by atoms with Crippen LogP contribution in [0.2, 0.25) is 10.0 Å². The number of halogens is 2. The summed E-state index contributed by atoms with van der Waals surface area (Å²) in [4.78, 5) is 4.55. The lowest BCUT2D eigenvalue weighted by Crippen LogP contribution is -2.06. The molecule has 4 aromatic rings.